The molecule has 0 aliphatic carbocycles. The lowest BCUT2D eigenvalue weighted by Gasteiger charge is -2.12. The van der Waals surface area contributed by atoms with E-state index >= 15 is 0 Å². The highest BCUT2D eigenvalue weighted by Gasteiger charge is 2.18. The molecule has 0 aliphatic heterocycles. The van der Waals surface area contributed by atoms with Crippen molar-refractivity contribution in [1.29, 1.82) is 0 Å². The summed E-state index contributed by atoms with van der Waals surface area (Å²) in [5.41, 5.74) is -0.0477. The molecule has 1 atom stereocenters. The maximum Gasteiger partial charge on any atom is 0.328 e. The molecule has 1 rings (SSSR count). The Balaban J connectivity index is 2.64. The molecule has 0 unspecified atom stereocenters. The summed E-state index contributed by atoms with van der Waals surface area (Å²) in [6, 6.07) is 0.222. The maximum absolute atomic E-state index is 12.8. The van der Waals surface area contributed by atoms with Crippen molar-refractivity contribution in [1.82, 2.24) is 5.32 Å². The van der Waals surface area contributed by atoms with Gasteiger partial charge in [0.1, 0.15) is 0 Å². The molecule has 0 bridgehead atoms. The van der Waals surface area contributed by atoms with E-state index in [9.17, 15) is 18.4 Å². The number of carboxylic acid groups (broad SMARTS) is 1. The Morgan fingerprint density at radius 2 is 1.94 bits per heavy atom. The number of aliphatic carboxylic acids is 1. The normalized spacial score (nSPS) is 11.7. The van der Waals surface area contributed by atoms with Crippen molar-refractivity contribution in [2.45, 2.75) is 6.04 Å². The van der Waals surface area contributed by atoms with Gasteiger partial charge in [0.25, 0.3) is 0 Å². The van der Waals surface area contributed by atoms with Gasteiger partial charge in [-0.15, -0.1) is 0 Å². The van der Waals surface area contributed by atoms with Crippen molar-refractivity contribution >= 4 is 17.7 Å². The number of nitrogens with one attached hydrogen (secondary N) is 2. The number of anilines is 1. The van der Waals surface area contributed by atoms with Gasteiger partial charge in [0.15, 0.2) is 17.7 Å². The second-order valence-corrected chi connectivity index (χ2v) is 3.30. The molecule has 0 saturated carbocycles. The van der Waals surface area contributed by atoms with E-state index < -0.39 is 36.3 Å². The number of aliphatic hydroxyl groups excluding tert-OH is 1. The zero-order valence-corrected chi connectivity index (χ0v) is 8.98. The molecule has 1 aromatic rings. The Morgan fingerprint density at radius 3 is 2.44 bits per heavy atom. The van der Waals surface area contributed by atoms with E-state index in [-0.39, 0.29) is 5.69 Å². The third kappa shape index (κ3) is 3.67. The predicted molar refractivity (Wildman–Crippen MR) is 57.0 cm³/mol. The van der Waals surface area contributed by atoms with Crippen molar-refractivity contribution in [2.24, 2.45) is 0 Å². The van der Waals surface area contributed by atoms with Crippen LogP contribution in [0, 0.1) is 11.6 Å². The van der Waals surface area contributed by atoms with Crippen molar-refractivity contribution in [3.8, 4) is 0 Å². The summed E-state index contributed by atoms with van der Waals surface area (Å²) in [4.78, 5) is 21.8. The summed E-state index contributed by atoms with van der Waals surface area (Å²) >= 11 is 0. The summed E-state index contributed by atoms with van der Waals surface area (Å²) in [5, 5.41) is 21.2. The van der Waals surface area contributed by atoms with E-state index in [2.05, 4.69) is 5.32 Å². The lowest BCUT2D eigenvalue weighted by molar-refractivity contribution is -0.140. The minimum Gasteiger partial charge on any atom is -0.480 e. The Labute approximate surface area is 100 Å². The fraction of sp³-hybridized carbons (Fsp3) is 0.200. The third-order valence-corrected chi connectivity index (χ3v) is 1.96. The van der Waals surface area contributed by atoms with Crippen LogP contribution in [-0.2, 0) is 4.79 Å². The number of hydrogen-bond acceptors (Lipinski definition) is 3. The second kappa shape index (κ2) is 5.92. The van der Waals surface area contributed by atoms with Crippen molar-refractivity contribution < 1.29 is 28.6 Å². The molecular formula is C10H10F2N2O4. The highest BCUT2D eigenvalue weighted by atomic mass is 19.2. The Morgan fingerprint density at radius 1 is 1.28 bits per heavy atom. The van der Waals surface area contributed by atoms with Gasteiger partial charge in [0, 0.05) is 11.8 Å². The van der Waals surface area contributed by atoms with Gasteiger partial charge < -0.3 is 20.8 Å². The molecule has 0 spiro atoms. The van der Waals surface area contributed by atoms with E-state index in [0.717, 1.165) is 18.2 Å². The molecule has 0 radical (unpaired) electrons. The lowest BCUT2D eigenvalue weighted by atomic mass is 10.3. The van der Waals surface area contributed by atoms with Gasteiger partial charge in [0.2, 0.25) is 0 Å². The summed E-state index contributed by atoms with van der Waals surface area (Å²) in [6.07, 6.45) is 0. The van der Waals surface area contributed by atoms with E-state index in [0.29, 0.717) is 0 Å². The van der Waals surface area contributed by atoms with Crippen LogP contribution in [0.15, 0.2) is 18.2 Å². The van der Waals surface area contributed by atoms with Crippen molar-refractivity contribution in [3.05, 3.63) is 29.8 Å². The fourth-order valence-corrected chi connectivity index (χ4v) is 1.08. The number of carboxylic acids is 1. The summed E-state index contributed by atoms with van der Waals surface area (Å²) < 4.78 is 25.4. The van der Waals surface area contributed by atoms with Crippen LogP contribution in [0.5, 0.6) is 0 Å². The monoisotopic (exact) mass is 260 g/mol. The molecule has 8 heteroatoms. The third-order valence-electron chi connectivity index (χ3n) is 1.96. The van der Waals surface area contributed by atoms with Crippen LogP contribution in [0.2, 0.25) is 0 Å². The van der Waals surface area contributed by atoms with Gasteiger partial charge in [-0.1, -0.05) is 0 Å². The molecule has 0 aromatic heterocycles. The second-order valence-electron chi connectivity index (χ2n) is 3.30. The first-order valence-corrected chi connectivity index (χ1v) is 4.80. The van der Waals surface area contributed by atoms with E-state index in [1.807, 2.05) is 5.32 Å². The number of amides is 2. The fourth-order valence-electron chi connectivity index (χ4n) is 1.08. The van der Waals surface area contributed by atoms with E-state index in [1.54, 1.807) is 0 Å². The first-order chi connectivity index (χ1) is 8.43. The number of urea groups is 1. The van der Waals surface area contributed by atoms with Crippen LogP contribution in [0.4, 0.5) is 19.3 Å². The minimum absolute atomic E-state index is 0.0477. The SMILES string of the molecule is O=C(Nc1ccc(F)c(F)c1)N[C@H](CO)C(=O)O. The van der Waals surface area contributed by atoms with E-state index in [1.165, 1.54) is 0 Å². The molecule has 0 heterocycles. The molecule has 4 N–H and O–H groups in total. The Kier molecular flexibility index (Phi) is 4.55. The van der Waals surface area contributed by atoms with Gasteiger partial charge in [-0.2, -0.15) is 0 Å². The van der Waals surface area contributed by atoms with Gasteiger partial charge in [0.05, 0.1) is 6.61 Å². The molecule has 0 fully saturated rings. The first kappa shape index (κ1) is 13.8. The molecule has 98 valence electrons. The highest BCUT2D eigenvalue weighted by molar-refractivity contribution is 5.92. The maximum atomic E-state index is 12.8. The van der Waals surface area contributed by atoms with Gasteiger partial charge >= 0.3 is 12.0 Å². The largest absolute Gasteiger partial charge is 0.480 e. The quantitative estimate of drug-likeness (QED) is 0.634. The number of carbonyl (C=O) groups excluding carboxylic acids is 1. The summed E-state index contributed by atoms with van der Waals surface area (Å²) in [6.45, 7) is -0.791. The minimum atomic E-state index is -1.48. The van der Waals surface area contributed by atoms with Crippen LogP contribution < -0.4 is 10.6 Å². The predicted octanol–water partition coefficient (Wildman–Crippen LogP) is 0.532. The molecule has 0 saturated heterocycles. The zero-order valence-electron chi connectivity index (χ0n) is 8.98. The molecule has 6 nitrogen and oxygen atoms in total. The number of rotatable bonds is 4. The van der Waals surface area contributed by atoms with Crippen LogP contribution in [0.25, 0.3) is 0 Å². The van der Waals surface area contributed by atoms with Crippen LogP contribution >= 0.6 is 0 Å². The van der Waals surface area contributed by atoms with Crippen molar-refractivity contribution in [2.75, 3.05) is 11.9 Å². The van der Waals surface area contributed by atoms with Crippen LogP contribution in [0.3, 0.4) is 0 Å². The molecule has 2 amide bonds. The highest BCUT2D eigenvalue weighted by Crippen LogP contribution is 2.12. The Bertz CT molecular complexity index is 467. The standard InChI is InChI=1S/C10H10F2N2O4/c11-6-2-1-5(3-7(6)12)13-10(18)14-8(4-15)9(16)17/h1-3,8,15H,4H2,(H,16,17)(H2,13,14,18)/t8-/m1/s1. The van der Waals surface area contributed by atoms with Gasteiger partial charge in [-0.3, -0.25) is 0 Å². The average Bonchev–Trinajstić information content (AvgIpc) is 2.30. The number of hydrogen-bond donors (Lipinski definition) is 4. The van der Waals surface area contributed by atoms with Crippen molar-refractivity contribution in [3.63, 3.8) is 0 Å². The smallest absolute Gasteiger partial charge is 0.328 e. The number of halogens is 2. The summed E-state index contributed by atoms with van der Waals surface area (Å²) in [7, 11) is 0. The molecular weight excluding hydrogens is 250 g/mol. The first-order valence-electron chi connectivity index (χ1n) is 4.80. The number of carbonyl (C=O) groups is 2. The number of aliphatic hydroxyl groups is 1. The van der Waals surface area contributed by atoms with E-state index in [4.69, 9.17) is 10.2 Å². The average molecular weight is 260 g/mol. The molecule has 18 heavy (non-hydrogen) atoms. The molecule has 1 aromatic carbocycles. The Hall–Kier alpha value is -2.22. The zero-order chi connectivity index (χ0) is 13.7. The number of benzene rings is 1. The topological polar surface area (TPSA) is 98.7 Å². The summed E-state index contributed by atoms with van der Waals surface area (Å²) in [5.74, 6) is -3.64. The molecule has 0 aliphatic rings. The van der Waals surface area contributed by atoms with Gasteiger partial charge in [-0.05, 0) is 12.1 Å². The van der Waals surface area contributed by atoms with Gasteiger partial charge in [-0.25, -0.2) is 18.4 Å². The van der Waals surface area contributed by atoms with Crippen LogP contribution in [0.1, 0.15) is 0 Å². The van der Waals surface area contributed by atoms with Crippen LogP contribution in [-0.4, -0.2) is 34.9 Å². The lowest BCUT2D eigenvalue weighted by Crippen LogP contribution is -2.45.